The van der Waals surface area contributed by atoms with Gasteiger partial charge in [0.2, 0.25) is 0 Å². The van der Waals surface area contributed by atoms with E-state index in [-0.39, 0.29) is 12.0 Å². The van der Waals surface area contributed by atoms with Gasteiger partial charge in [0.05, 0.1) is 0 Å². The monoisotopic (exact) mass is 273 g/mol. The number of rotatable bonds is 3. The number of hydrogen-bond acceptors (Lipinski definition) is 1. The average molecular weight is 273 g/mol. The fraction of sp³-hybridized carbons (Fsp3) is 0.294. The normalized spacial score (nSPS) is 22.6. The quantitative estimate of drug-likeness (QED) is 0.896. The molecule has 3 unspecified atom stereocenters. The van der Waals surface area contributed by atoms with Crippen molar-refractivity contribution in [3.63, 3.8) is 0 Å². The predicted molar refractivity (Wildman–Crippen MR) is 75.3 cm³/mol. The van der Waals surface area contributed by atoms with Crippen LogP contribution in [0.5, 0.6) is 0 Å². The van der Waals surface area contributed by atoms with Crippen LogP contribution in [0, 0.1) is 24.5 Å². The molecule has 3 rings (SSSR count). The molecule has 1 saturated carbocycles. The molecule has 2 aromatic carbocycles. The maximum atomic E-state index is 13.9. The Kier molecular flexibility index (Phi) is 3.30. The molecule has 1 aliphatic carbocycles. The van der Waals surface area contributed by atoms with Gasteiger partial charge in [-0.1, -0.05) is 30.3 Å². The second-order valence-corrected chi connectivity index (χ2v) is 5.57. The summed E-state index contributed by atoms with van der Waals surface area (Å²) >= 11 is 0. The van der Waals surface area contributed by atoms with Crippen molar-refractivity contribution in [2.24, 2.45) is 11.7 Å². The van der Waals surface area contributed by atoms with E-state index in [0.717, 1.165) is 12.5 Å². The molecule has 3 heteroatoms. The van der Waals surface area contributed by atoms with Gasteiger partial charge in [0.25, 0.3) is 0 Å². The molecule has 0 saturated heterocycles. The number of halogens is 2. The molecule has 0 heterocycles. The van der Waals surface area contributed by atoms with Crippen LogP contribution in [0.15, 0.2) is 42.5 Å². The Balaban J connectivity index is 1.82. The molecule has 0 aliphatic heterocycles. The van der Waals surface area contributed by atoms with E-state index < -0.39 is 11.6 Å². The van der Waals surface area contributed by atoms with Gasteiger partial charge in [-0.05, 0) is 42.4 Å². The zero-order valence-electron chi connectivity index (χ0n) is 11.3. The smallest absolute Gasteiger partial charge is 0.130 e. The topological polar surface area (TPSA) is 26.0 Å². The first-order valence-electron chi connectivity index (χ1n) is 6.84. The number of benzene rings is 2. The van der Waals surface area contributed by atoms with E-state index in [1.807, 2.05) is 18.2 Å². The number of aryl methyl sites for hydroxylation is 1. The molecule has 20 heavy (non-hydrogen) atoms. The summed E-state index contributed by atoms with van der Waals surface area (Å²) in [6, 6.07) is 12.2. The zero-order valence-corrected chi connectivity index (χ0v) is 11.3. The molecule has 3 atom stereocenters. The van der Waals surface area contributed by atoms with E-state index in [2.05, 4.69) is 12.1 Å². The predicted octanol–water partition coefficient (Wildman–Crippen LogP) is 4.08. The van der Waals surface area contributed by atoms with Crippen LogP contribution in [0.1, 0.15) is 35.1 Å². The van der Waals surface area contributed by atoms with E-state index in [1.165, 1.54) is 11.6 Å². The fourth-order valence-electron chi connectivity index (χ4n) is 2.86. The molecule has 1 aliphatic rings. The summed E-state index contributed by atoms with van der Waals surface area (Å²) in [5.41, 5.74) is 8.29. The summed E-state index contributed by atoms with van der Waals surface area (Å²) < 4.78 is 27.2. The molecule has 2 aromatic rings. The van der Waals surface area contributed by atoms with Crippen molar-refractivity contribution >= 4 is 0 Å². The summed E-state index contributed by atoms with van der Waals surface area (Å²) in [6.45, 7) is 1.63. The summed E-state index contributed by atoms with van der Waals surface area (Å²) in [6.07, 6.45) is 0.959. The highest BCUT2D eigenvalue weighted by atomic mass is 19.1. The first kappa shape index (κ1) is 13.3. The molecule has 1 fully saturated rings. The molecule has 0 aromatic heterocycles. The first-order chi connectivity index (χ1) is 9.58. The van der Waals surface area contributed by atoms with E-state index in [4.69, 9.17) is 5.73 Å². The lowest BCUT2D eigenvalue weighted by Crippen LogP contribution is -2.16. The Morgan fingerprint density at radius 3 is 2.50 bits per heavy atom. The Morgan fingerprint density at radius 2 is 1.80 bits per heavy atom. The second-order valence-electron chi connectivity index (χ2n) is 5.57. The summed E-state index contributed by atoms with van der Waals surface area (Å²) in [5.74, 6) is -0.444. The van der Waals surface area contributed by atoms with Crippen LogP contribution >= 0.6 is 0 Å². The molecule has 0 spiro atoms. The third-order valence-electron chi connectivity index (χ3n) is 4.17. The molecule has 0 bridgehead atoms. The van der Waals surface area contributed by atoms with E-state index >= 15 is 0 Å². The van der Waals surface area contributed by atoms with Crippen molar-refractivity contribution in [2.45, 2.75) is 25.3 Å². The molecular weight excluding hydrogens is 256 g/mol. The zero-order chi connectivity index (χ0) is 14.3. The van der Waals surface area contributed by atoms with Gasteiger partial charge >= 0.3 is 0 Å². The van der Waals surface area contributed by atoms with Gasteiger partial charge in [-0.25, -0.2) is 8.78 Å². The van der Waals surface area contributed by atoms with Gasteiger partial charge in [0.1, 0.15) is 11.6 Å². The minimum absolute atomic E-state index is 0.233. The van der Waals surface area contributed by atoms with Crippen molar-refractivity contribution in [1.29, 1.82) is 0 Å². The number of nitrogens with two attached hydrogens (primary N) is 1. The molecule has 1 nitrogen and oxygen atoms in total. The summed E-state index contributed by atoms with van der Waals surface area (Å²) in [4.78, 5) is 0. The molecule has 0 amide bonds. The molecule has 2 N–H and O–H groups in total. The van der Waals surface area contributed by atoms with E-state index in [0.29, 0.717) is 17.0 Å². The highest BCUT2D eigenvalue weighted by molar-refractivity contribution is 5.33. The number of hydrogen-bond donors (Lipinski definition) is 1. The SMILES string of the molecule is Cc1cc(C(N)C2CC2c2ccccc2)c(F)cc1F. The Labute approximate surface area is 117 Å². The van der Waals surface area contributed by atoms with Crippen LogP contribution in [0.2, 0.25) is 0 Å². The van der Waals surface area contributed by atoms with E-state index in [1.54, 1.807) is 6.92 Å². The maximum absolute atomic E-state index is 13.9. The largest absolute Gasteiger partial charge is 0.324 e. The van der Waals surface area contributed by atoms with Gasteiger partial charge in [0.15, 0.2) is 0 Å². The minimum atomic E-state index is -0.542. The van der Waals surface area contributed by atoms with E-state index in [9.17, 15) is 8.78 Å². The van der Waals surface area contributed by atoms with Crippen molar-refractivity contribution in [2.75, 3.05) is 0 Å². The lowest BCUT2D eigenvalue weighted by molar-refractivity contribution is 0.528. The van der Waals surface area contributed by atoms with Gasteiger partial charge in [-0.3, -0.25) is 0 Å². The van der Waals surface area contributed by atoms with Crippen molar-refractivity contribution < 1.29 is 8.78 Å². The van der Waals surface area contributed by atoms with Crippen LogP contribution in [0.25, 0.3) is 0 Å². The molecule has 104 valence electrons. The Bertz CT molecular complexity index is 624. The van der Waals surface area contributed by atoms with Crippen molar-refractivity contribution in [3.05, 3.63) is 70.8 Å². The van der Waals surface area contributed by atoms with Crippen LogP contribution in [-0.2, 0) is 0 Å². The maximum Gasteiger partial charge on any atom is 0.130 e. The van der Waals surface area contributed by atoms with Crippen LogP contribution < -0.4 is 5.73 Å². The third-order valence-corrected chi connectivity index (χ3v) is 4.17. The van der Waals surface area contributed by atoms with Gasteiger partial charge in [0, 0.05) is 17.7 Å². The fourth-order valence-corrected chi connectivity index (χ4v) is 2.86. The highest BCUT2D eigenvalue weighted by Gasteiger charge is 2.43. The van der Waals surface area contributed by atoms with Crippen LogP contribution in [-0.4, -0.2) is 0 Å². The van der Waals surface area contributed by atoms with Crippen LogP contribution in [0.4, 0.5) is 8.78 Å². The van der Waals surface area contributed by atoms with Gasteiger partial charge in [-0.15, -0.1) is 0 Å². The Hall–Kier alpha value is -1.74. The van der Waals surface area contributed by atoms with Crippen molar-refractivity contribution in [1.82, 2.24) is 0 Å². The molecular formula is C17H17F2N. The summed E-state index contributed by atoms with van der Waals surface area (Å²) in [7, 11) is 0. The highest BCUT2D eigenvalue weighted by Crippen LogP contribution is 2.53. The average Bonchev–Trinajstić information content (AvgIpc) is 3.23. The Morgan fingerprint density at radius 1 is 1.10 bits per heavy atom. The summed E-state index contributed by atoms with van der Waals surface area (Å²) in [5, 5.41) is 0. The third kappa shape index (κ3) is 2.34. The van der Waals surface area contributed by atoms with Crippen LogP contribution in [0.3, 0.4) is 0 Å². The molecule has 0 radical (unpaired) electrons. The van der Waals surface area contributed by atoms with Gasteiger partial charge < -0.3 is 5.73 Å². The second kappa shape index (κ2) is 4.98. The van der Waals surface area contributed by atoms with Gasteiger partial charge in [-0.2, -0.15) is 0 Å². The standard InChI is InChI=1S/C17H17F2N/c1-10-7-14(16(19)9-15(10)18)17(20)13-8-12(13)11-5-3-2-4-6-11/h2-7,9,12-13,17H,8,20H2,1H3. The lowest BCUT2D eigenvalue weighted by atomic mass is 9.97. The van der Waals surface area contributed by atoms with Crippen molar-refractivity contribution in [3.8, 4) is 0 Å². The first-order valence-corrected chi connectivity index (χ1v) is 6.84. The lowest BCUT2D eigenvalue weighted by Gasteiger charge is -2.14. The minimum Gasteiger partial charge on any atom is -0.324 e.